The second kappa shape index (κ2) is 7.41. The number of hydrogen-bond acceptors (Lipinski definition) is 5. The lowest BCUT2D eigenvalue weighted by Gasteiger charge is -2.36. The molecule has 1 saturated carbocycles. The van der Waals surface area contributed by atoms with Gasteiger partial charge in [-0.3, -0.25) is 14.5 Å². The number of ether oxygens (including phenoxy) is 1. The summed E-state index contributed by atoms with van der Waals surface area (Å²) in [6.07, 6.45) is 3.36. The SMILES string of the molecule is CCOC(=O)c1c(C)[nH]c(C(=O)CN2C(=O)N[C@@]3(CCCC[C@H]3C)C2=O)c1C. The van der Waals surface area contributed by atoms with Crippen LogP contribution in [0.3, 0.4) is 0 Å². The van der Waals surface area contributed by atoms with Crippen molar-refractivity contribution in [1.29, 1.82) is 0 Å². The summed E-state index contributed by atoms with van der Waals surface area (Å²) < 4.78 is 5.04. The lowest BCUT2D eigenvalue weighted by Crippen LogP contribution is -2.54. The zero-order valence-electron chi connectivity index (χ0n) is 16.8. The van der Waals surface area contributed by atoms with Crippen molar-refractivity contribution in [2.24, 2.45) is 5.92 Å². The predicted octanol–water partition coefficient (Wildman–Crippen LogP) is 2.49. The Hall–Kier alpha value is -2.64. The van der Waals surface area contributed by atoms with Crippen LogP contribution in [0.15, 0.2) is 0 Å². The standard InChI is InChI=1S/C20H27N3O5/c1-5-28-17(25)15-12(3)16(21-13(15)4)14(24)10-23-18(26)20(22-19(23)27)9-7-6-8-11(20)2/h11,21H,5-10H2,1-4H3,(H,22,27)/t11-,20-/m1/s1. The molecule has 1 aliphatic carbocycles. The molecule has 0 unspecified atom stereocenters. The Bertz CT molecular complexity index is 843. The second-order valence-corrected chi connectivity index (χ2v) is 7.71. The number of aromatic amines is 1. The zero-order valence-corrected chi connectivity index (χ0v) is 16.8. The first-order valence-electron chi connectivity index (χ1n) is 9.76. The van der Waals surface area contributed by atoms with Crippen LogP contribution in [0.1, 0.15) is 71.6 Å². The summed E-state index contributed by atoms with van der Waals surface area (Å²) in [5, 5.41) is 2.84. The predicted molar refractivity (Wildman–Crippen MR) is 101 cm³/mol. The summed E-state index contributed by atoms with van der Waals surface area (Å²) in [4.78, 5) is 54.4. The molecule has 1 aromatic rings. The van der Waals surface area contributed by atoms with E-state index in [9.17, 15) is 19.2 Å². The highest BCUT2D eigenvalue weighted by Gasteiger charge is 2.55. The maximum absolute atomic E-state index is 13.0. The van der Waals surface area contributed by atoms with Crippen LogP contribution in [0.25, 0.3) is 0 Å². The topological polar surface area (TPSA) is 109 Å². The van der Waals surface area contributed by atoms with Crippen molar-refractivity contribution in [1.82, 2.24) is 15.2 Å². The molecule has 2 atom stereocenters. The minimum absolute atomic E-state index is 0.0303. The second-order valence-electron chi connectivity index (χ2n) is 7.71. The molecule has 1 aliphatic heterocycles. The zero-order chi connectivity index (χ0) is 20.6. The van der Waals surface area contributed by atoms with E-state index in [4.69, 9.17) is 4.74 Å². The highest BCUT2D eigenvalue weighted by molar-refractivity contribution is 6.11. The fourth-order valence-corrected chi connectivity index (χ4v) is 4.40. The first kappa shape index (κ1) is 20.1. The van der Waals surface area contributed by atoms with Gasteiger partial charge < -0.3 is 15.0 Å². The van der Waals surface area contributed by atoms with Gasteiger partial charge in [0.15, 0.2) is 5.78 Å². The number of carbonyl (C=O) groups is 4. The number of hydrogen-bond donors (Lipinski definition) is 2. The average molecular weight is 389 g/mol. The van der Waals surface area contributed by atoms with Crippen LogP contribution < -0.4 is 5.32 Å². The monoisotopic (exact) mass is 389 g/mol. The summed E-state index contributed by atoms with van der Waals surface area (Å²) in [6, 6.07) is -0.529. The number of urea groups is 1. The number of amides is 3. The molecule has 0 radical (unpaired) electrons. The molecule has 2 aliphatic rings. The van der Waals surface area contributed by atoms with Gasteiger partial charge in [0, 0.05) is 5.69 Å². The van der Waals surface area contributed by atoms with E-state index in [1.807, 2.05) is 6.92 Å². The number of H-pyrrole nitrogens is 1. The number of aromatic nitrogens is 1. The number of rotatable bonds is 5. The van der Waals surface area contributed by atoms with Crippen molar-refractivity contribution < 1.29 is 23.9 Å². The van der Waals surface area contributed by atoms with Gasteiger partial charge in [0.25, 0.3) is 5.91 Å². The highest BCUT2D eigenvalue weighted by atomic mass is 16.5. The smallest absolute Gasteiger partial charge is 0.340 e. The minimum atomic E-state index is -0.896. The maximum atomic E-state index is 13.0. The van der Waals surface area contributed by atoms with Crippen LogP contribution in [0.4, 0.5) is 4.79 Å². The molecule has 2 N–H and O–H groups in total. The van der Waals surface area contributed by atoms with Gasteiger partial charge in [-0.2, -0.15) is 0 Å². The third kappa shape index (κ3) is 3.10. The van der Waals surface area contributed by atoms with Gasteiger partial charge in [0.05, 0.1) is 24.4 Å². The fraction of sp³-hybridized carbons (Fsp3) is 0.600. The van der Waals surface area contributed by atoms with E-state index in [-0.39, 0.29) is 30.7 Å². The Morgan fingerprint density at radius 2 is 1.96 bits per heavy atom. The number of imide groups is 1. The summed E-state index contributed by atoms with van der Waals surface area (Å²) >= 11 is 0. The number of nitrogens with zero attached hydrogens (tertiary/aromatic N) is 1. The Kier molecular flexibility index (Phi) is 5.32. The van der Waals surface area contributed by atoms with Gasteiger partial charge in [-0.1, -0.05) is 19.8 Å². The fourth-order valence-electron chi connectivity index (χ4n) is 4.40. The lowest BCUT2D eigenvalue weighted by molar-refractivity contribution is -0.133. The molecule has 2 fully saturated rings. The molecule has 0 aromatic carbocycles. The quantitative estimate of drug-likeness (QED) is 0.457. The molecule has 28 heavy (non-hydrogen) atoms. The summed E-state index contributed by atoms with van der Waals surface area (Å²) in [6.45, 7) is 6.88. The summed E-state index contributed by atoms with van der Waals surface area (Å²) in [5.41, 5.74) is 0.632. The molecule has 3 amide bonds. The van der Waals surface area contributed by atoms with Crippen LogP contribution in [-0.2, 0) is 9.53 Å². The van der Waals surface area contributed by atoms with Crippen LogP contribution in [-0.4, -0.2) is 52.3 Å². The number of aryl methyl sites for hydroxylation is 1. The number of carbonyl (C=O) groups excluding carboxylic acids is 4. The molecule has 1 aromatic heterocycles. The van der Waals surface area contributed by atoms with Crippen LogP contribution in [0.2, 0.25) is 0 Å². The summed E-state index contributed by atoms with van der Waals surface area (Å²) in [7, 11) is 0. The average Bonchev–Trinajstić information content (AvgIpc) is 3.06. The maximum Gasteiger partial charge on any atom is 0.340 e. The molecule has 8 heteroatoms. The van der Waals surface area contributed by atoms with Crippen LogP contribution in [0.5, 0.6) is 0 Å². The molecular formula is C20H27N3O5. The van der Waals surface area contributed by atoms with Gasteiger partial charge in [-0.05, 0) is 45.1 Å². The van der Waals surface area contributed by atoms with Crippen molar-refractivity contribution in [2.75, 3.05) is 13.2 Å². The number of Topliss-reactive ketones (excluding diaryl/α,β-unsaturated/α-hetero) is 1. The highest BCUT2D eigenvalue weighted by Crippen LogP contribution is 2.38. The van der Waals surface area contributed by atoms with Gasteiger partial charge in [0.2, 0.25) is 0 Å². The van der Waals surface area contributed by atoms with Gasteiger partial charge in [0.1, 0.15) is 5.54 Å². The minimum Gasteiger partial charge on any atom is -0.462 e. The molecule has 0 bridgehead atoms. The third-order valence-corrected chi connectivity index (χ3v) is 6.00. The van der Waals surface area contributed by atoms with Crippen LogP contribution >= 0.6 is 0 Å². The Morgan fingerprint density at radius 3 is 2.61 bits per heavy atom. The normalized spacial score (nSPS) is 24.6. The molecular weight excluding hydrogens is 362 g/mol. The first-order chi connectivity index (χ1) is 13.2. The van der Waals surface area contributed by atoms with Crippen molar-refractivity contribution in [2.45, 2.75) is 58.9 Å². The van der Waals surface area contributed by atoms with E-state index in [1.165, 1.54) is 0 Å². The number of esters is 1. The van der Waals surface area contributed by atoms with E-state index in [0.717, 1.165) is 24.2 Å². The lowest BCUT2D eigenvalue weighted by atomic mass is 9.73. The van der Waals surface area contributed by atoms with E-state index in [2.05, 4.69) is 10.3 Å². The van der Waals surface area contributed by atoms with Crippen molar-refractivity contribution >= 4 is 23.7 Å². The summed E-state index contributed by atoms with van der Waals surface area (Å²) in [5.74, 6) is -1.22. The molecule has 152 valence electrons. The van der Waals surface area contributed by atoms with E-state index >= 15 is 0 Å². The first-order valence-corrected chi connectivity index (χ1v) is 9.76. The molecule has 3 rings (SSSR count). The van der Waals surface area contributed by atoms with Crippen molar-refractivity contribution in [3.05, 3.63) is 22.5 Å². The van der Waals surface area contributed by atoms with E-state index < -0.39 is 23.3 Å². The van der Waals surface area contributed by atoms with Gasteiger partial charge in [-0.25, -0.2) is 9.59 Å². The number of nitrogens with one attached hydrogen (secondary N) is 2. The van der Waals surface area contributed by atoms with E-state index in [1.54, 1.807) is 20.8 Å². The Balaban J connectivity index is 1.82. The van der Waals surface area contributed by atoms with Crippen molar-refractivity contribution in [3.63, 3.8) is 0 Å². The Morgan fingerprint density at radius 1 is 1.25 bits per heavy atom. The van der Waals surface area contributed by atoms with Crippen LogP contribution in [0, 0.1) is 19.8 Å². The van der Waals surface area contributed by atoms with Crippen molar-refractivity contribution in [3.8, 4) is 0 Å². The molecule has 2 heterocycles. The van der Waals surface area contributed by atoms with Gasteiger partial charge in [-0.15, -0.1) is 0 Å². The Labute approximate surface area is 164 Å². The molecule has 1 saturated heterocycles. The van der Waals surface area contributed by atoms with E-state index in [0.29, 0.717) is 23.2 Å². The van der Waals surface area contributed by atoms with Gasteiger partial charge >= 0.3 is 12.0 Å². The molecule has 1 spiro atoms. The third-order valence-electron chi connectivity index (χ3n) is 6.00. The molecule has 8 nitrogen and oxygen atoms in total. The largest absolute Gasteiger partial charge is 0.462 e. The number of ketones is 1.